The van der Waals surface area contributed by atoms with E-state index in [1.165, 1.54) is 4.90 Å². The van der Waals surface area contributed by atoms with Gasteiger partial charge >= 0.3 is 0 Å². The first-order chi connectivity index (χ1) is 17.4. The van der Waals surface area contributed by atoms with E-state index in [0.29, 0.717) is 24.4 Å². The summed E-state index contributed by atoms with van der Waals surface area (Å²) in [5.41, 5.74) is 2.24. The van der Waals surface area contributed by atoms with Crippen LogP contribution in [0.3, 0.4) is 0 Å². The smallest absolute Gasteiger partial charge is 0.244 e. The SMILES string of the molecule is CC[C@H](C(=O)NCC(C)C)N(Cc1cccc(OC)c1)C(=O)CN(c1ccc(C(C)C)cc1)S(C)(=O)=O. The molecular weight excluding hydrogens is 490 g/mol. The van der Waals surface area contributed by atoms with Crippen molar-refractivity contribution in [3.05, 3.63) is 59.7 Å². The van der Waals surface area contributed by atoms with Gasteiger partial charge in [-0.25, -0.2) is 8.42 Å². The number of ether oxygens (including phenoxy) is 1. The number of nitrogens with zero attached hydrogens (tertiary/aromatic N) is 2. The Morgan fingerprint density at radius 2 is 1.68 bits per heavy atom. The molecule has 0 bridgehead atoms. The minimum atomic E-state index is -3.77. The van der Waals surface area contributed by atoms with E-state index in [9.17, 15) is 18.0 Å². The molecule has 0 spiro atoms. The Morgan fingerprint density at radius 1 is 1.03 bits per heavy atom. The van der Waals surface area contributed by atoms with Gasteiger partial charge in [0.25, 0.3) is 0 Å². The maximum atomic E-state index is 13.8. The molecule has 0 heterocycles. The summed E-state index contributed by atoms with van der Waals surface area (Å²) in [5, 5.41) is 2.92. The summed E-state index contributed by atoms with van der Waals surface area (Å²) in [6.45, 7) is 10.1. The number of rotatable bonds is 13. The fraction of sp³-hybridized carbons (Fsp3) is 0.500. The van der Waals surface area contributed by atoms with E-state index in [4.69, 9.17) is 4.74 Å². The number of carbonyl (C=O) groups is 2. The summed E-state index contributed by atoms with van der Waals surface area (Å²) in [6, 6.07) is 13.7. The lowest BCUT2D eigenvalue weighted by Gasteiger charge is -2.33. The second-order valence-corrected chi connectivity index (χ2v) is 11.9. The highest BCUT2D eigenvalue weighted by Crippen LogP contribution is 2.23. The van der Waals surface area contributed by atoms with Crippen LogP contribution >= 0.6 is 0 Å². The Bertz CT molecular complexity index is 1150. The quantitative estimate of drug-likeness (QED) is 0.419. The Morgan fingerprint density at radius 3 is 2.19 bits per heavy atom. The van der Waals surface area contributed by atoms with Gasteiger partial charge in [0.1, 0.15) is 18.3 Å². The van der Waals surface area contributed by atoms with Crippen LogP contribution in [0.25, 0.3) is 0 Å². The van der Waals surface area contributed by atoms with Crippen LogP contribution in [0.1, 0.15) is 58.1 Å². The van der Waals surface area contributed by atoms with Crippen LogP contribution in [0.4, 0.5) is 5.69 Å². The first-order valence-corrected chi connectivity index (χ1v) is 14.5. The topological polar surface area (TPSA) is 96.0 Å². The zero-order valence-corrected chi connectivity index (χ0v) is 23.8. The zero-order chi connectivity index (χ0) is 27.8. The summed E-state index contributed by atoms with van der Waals surface area (Å²) < 4.78 is 31.9. The molecule has 2 rings (SSSR count). The van der Waals surface area contributed by atoms with Crippen LogP contribution in [-0.4, -0.2) is 57.6 Å². The van der Waals surface area contributed by atoms with Crippen molar-refractivity contribution in [1.82, 2.24) is 10.2 Å². The Balaban J connectivity index is 2.43. The standard InChI is InChI=1S/C28H41N3O5S/c1-8-26(28(33)29-17-20(2)3)30(18-22-10-9-11-25(16-22)36-6)27(32)19-31(37(7,34)35)24-14-12-23(13-15-24)21(4)5/h9-16,20-21,26H,8,17-19H2,1-7H3,(H,29,33)/t26-/m1/s1. The Hall–Kier alpha value is -3.07. The number of hydrogen-bond acceptors (Lipinski definition) is 5. The molecular formula is C28H41N3O5S. The molecule has 1 atom stereocenters. The Kier molecular flexibility index (Phi) is 11.0. The van der Waals surface area contributed by atoms with Crippen molar-refractivity contribution in [2.45, 2.75) is 59.5 Å². The van der Waals surface area contributed by atoms with Crippen molar-refractivity contribution < 1.29 is 22.7 Å². The second kappa shape index (κ2) is 13.5. The summed E-state index contributed by atoms with van der Waals surface area (Å²) in [6.07, 6.45) is 1.46. The predicted molar refractivity (Wildman–Crippen MR) is 148 cm³/mol. The molecule has 0 radical (unpaired) electrons. The molecule has 0 aliphatic rings. The third-order valence-electron chi connectivity index (χ3n) is 6.08. The van der Waals surface area contributed by atoms with Crippen molar-refractivity contribution in [3.63, 3.8) is 0 Å². The van der Waals surface area contributed by atoms with E-state index in [2.05, 4.69) is 19.2 Å². The molecule has 2 aromatic carbocycles. The molecule has 2 amide bonds. The Labute approximate surface area is 222 Å². The van der Waals surface area contributed by atoms with Gasteiger partial charge in [0, 0.05) is 13.1 Å². The molecule has 0 aliphatic carbocycles. The number of benzene rings is 2. The van der Waals surface area contributed by atoms with Gasteiger partial charge in [-0.1, -0.05) is 58.9 Å². The number of sulfonamides is 1. The van der Waals surface area contributed by atoms with E-state index in [1.54, 1.807) is 31.4 Å². The minimum Gasteiger partial charge on any atom is -0.497 e. The third-order valence-corrected chi connectivity index (χ3v) is 7.23. The molecule has 2 aromatic rings. The minimum absolute atomic E-state index is 0.132. The van der Waals surface area contributed by atoms with Crippen molar-refractivity contribution in [1.29, 1.82) is 0 Å². The highest BCUT2D eigenvalue weighted by atomic mass is 32.2. The first kappa shape index (κ1) is 30.2. The zero-order valence-electron chi connectivity index (χ0n) is 23.0. The lowest BCUT2D eigenvalue weighted by molar-refractivity contribution is -0.140. The van der Waals surface area contributed by atoms with Gasteiger partial charge in [0.15, 0.2) is 0 Å². The van der Waals surface area contributed by atoms with Crippen LogP contribution in [-0.2, 0) is 26.2 Å². The monoisotopic (exact) mass is 531 g/mol. The van der Waals surface area contributed by atoms with Gasteiger partial charge in [0.05, 0.1) is 19.1 Å². The van der Waals surface area contributed by atoms with Gasteiger partial charge in [-0.2, -0.15) is 0 Å². The van der Waals surface area contributed by atoms with Crippen LogP contribution in [0.15, 0.2) is 48.5 Å². The fourth-order valence-corrected chi connectivity index (χ4v) is 4.80. The van der Waals surface area contributed by atoms with Crippen LogP contribution < -0.4 is 14.4 Å². The summed E-state index contributed by atoms with van der Waals surface area (Å²) in [4.78, 5) is 28.4. The molecule has 8 nitrogen and oxygen atoms in total. The molecule has 9 heteroatoms. The van der Waals surface area contributed by atoms with Gasteiger partial charge in [-0.15, -0.1) is 0 Å². The van der Waals surface area contributed by atoms with Gasteiger partial charge in [-0.05, 0) is 53.6 Å². The normalized spacial score (nSPS) is 12.4. The summed E-state index contributed by atoms with van der Waals surface area (Å²) >= 11 is 0. The van der Waals surface area contributed by atoms with Gasteiger partial charge in [-0.3, -0.25) is 13.9 Å². The van der Waals surface area contributed by atoms with Crippen molar-refractivity contribution in [2.75, 3.05) is 30.8 Å². The van der Waals surface area contributed by atoms with Gasteiger partial charge < -0.3 is 15.0 Å². The molecule has 0 aliphatic heterocycles. The number of amides is 2. The maximum absolute atomic E-state index is 13.8. The predicted octanol–water partition coefficient (Wildman–Crippen LogP) is 4.16. The number of nitrogens with one attached hydrogen (secondary N) is 1. The lowest BCUT2D eigenvalue weighted by Crippen LogP contribution is -2.52. The van der Waals surface area contributed by atoms with E-state index in [0.717, 1.165) is 21.7 Å². The lowest BCUT2D eigenvalue weighted by atomic mass is 10.0. The van der Waals surface area contributed by atoms with Crippen molar-refractivity contribution >= 4 is 27.5 Å². The number of hydrogen-bond donors (Lipinski definition) is 1. The first-order valence-electron chi connectivity index (χ1n) is 12.6. The van der Waals surface area contributed by atoms with Crippen molar-refractivity contribution in [2.24, 2.45) is 5.92 Å². The summed E-state index contributed by atoms with van der Waals surface area (Å²) in [7, 11) is -2.21. The molecule has 1 N–H and O–H groups in total. The van der Waals surface area contributed by atoms with Gasteiger partial charge in [0.2, 0.25) is 21.8 Å². The average Bonchev–Trinajstić information content (AvgIpc) is 2.85. The fourth-order valence-electron chi connectivity index (χ4n) is 3.95. The summed E-state index contributed by atoms with van der Waals surface area (Å²) in [5.74, 6) is 0.437. The average molecular weight is 532 g/mol. The number of carbonyl (C=O) groups excluding carboxylic acids is 2. The van der Waals surface area contributed by atoms with Crippen LogP contribution in [0.5, 0.6) is 5.75 Å². The number of anilines is 1. The largest absolute Gasteiger partial charge is 0.497 e. The molecule has 37 heavy (non-hydrogen) atoms. The highest BCUT2D eigenvalue weighted by Gasteiger charge is 2.31. The van der Waals surface area contributed by atoms with Crippen molar-refractivity contribution in [3.8, 4) is 5.75 Å². The van der Waals surface area contributed by atoms with E-state index in [-0.39, 0.29) is 24.3 Å². The molecule has 0 unspecified atom stereocenters. The number of methoxy groups -OCH3 is 1. The van der Waals surface area contributed by atoms with E-state index < -0.39 is 28.5 Å². The van der Waals surface area contributed by atoms with Crippen LogP contribution in [0.2, 0.25) is 0 Å². The third kappa shape index (κ3) is 8.77. The molecule has 204 valence electrons. The second-order valence-electron chi connectivity index (χ2n) is 9.95. The van der Waals surface area contributed by atoms with E-state index in [1.807, 2.05) is 45.0 Å². The highest BCUT2D eigenvalue weighted by molar-refractivity contribution is 7.92. The van der Waals surface area contributed by atoms with Crippen LogP contribution in [0, 0.1) is 5.92 Å². The van der Waals surface area contributed by atoms with E-state index >= 15 is 0 Å². The molecule has 0 saturated carbocycles. The molecule has 0 aromatic heterocycles. The molecule has 0 saturated heterocycles. The maximum Gasteiger partial charge on any atom is 0.244 e. The molecule has 0 fully saturated rings.